The number of aryl methyl sites for hydroxylation is 2. The van der Waals surface area contributed by atoms with Gasteiger partial charge < -0.3 is 10.1 Å². The van der Waals surface area contributed by atoms with Gasteiger partial charge in [-0.1, -0.05) is 26.0 Å². The number of ether oxygens (including phenoxy) is 1. The highest BCUT2D eigenvalue weighted by atomic mass is 16.5. The normalized spacial score (nSPS) is 17.1. The van der Waals surface area contributed by atoms with Crippen LogP contribution in [0.2, 0.25) is 0 Å². The van der Waals surface area contributed by atoms with Crippen LogP contribution in [0.25, 0.3) is 0 Å². The van der Waals surface area contributed by atoms with Crippen LogP contribution < -0.4 is 10.1 Å². The van der Waals surface area contributed by atoms with Crippen LogP contribution in [-0.4, -0.2) is 18.2 Å². The maximum Gasteiger partial charge on any atom is 0.126 e. The third-order valence-electron chi connectivity index (χ3n) is 4.59. The first-order valence-corrected chi connectivity index (χ1v) is 7.93. The van der Waals surface area contributed by atoms with E-state index < -0.39 is 0 Å². The van der Waals surface area contributed by atoms with Gasteiger partial charge in [-0.3, -0.25) is 0 Å². The van der Waals surface area contributed by atoms with Gasteiger partial charge in [0, 0.05) is 6.04 Å². The van der Waals surface area contributed by atoms with Gasteiger partial charge in [-0.25, -0.2) is 0 Å². The second kappa shape index (κ2) is 6.17. The summed E-state index contributed by atoms with van der Waals surface area (Å²) in [5.74, 6) is 1.12. The Balaban J connectivity index is 2.08. The van der Waals surface area contributed by atoms with Crippen molar-refractivity contribution < 1.29 is 4.74 Å². The first-order chi connectivity index (χ1) is 9.43. The minimum atomic E-state index is 0.0746. The summed E-state index contributed by atoms with van der Waals surface area (Å²) in [7, 11) is 0. The van der Waals surface area contributed by atoms with Crippen LogP contribution in [0.4, 0.5) is 0 Å². The Hall–Kier alpha value is -1.02. The summed E-state index contributed by atoms with van der Waals surface area (Å²) in [6.45, 7) is 11.9. The van der Waals surface area contributed by atoms with E-state index in [1.54, 1.807) is 0 Å². The smallest absolute Gasteiger partial charge is 0.126 e. The molecule has 0 heterocycles. The largest absolute Gasteiger partial charge is 0.487 e. The quantitative estimate of drug-likeness (QED) is 0.835. The van der Waals surface area contributed by atoms with E-state index in [1.165, 1.54) is 36.0 Å². The van der Waals surface area contributed by atoms with Crippen LogP contribution in [0.15, 0.2) is 12.1 Å². The van der Waals surface area contributed by atoms with Crippen molar-refractivity contribution in [2.45, 2.75) is 71.9 Å². The predicted molar refractivity (Wildman–Crippen MR) is 85.6 cm³/mol. The monoisotopic (exact) mass is 275 g/mol. The highest BCUT2D eigenvalue weighted by Crippen LogP contribution is 2.41. The summed E-state index contributed by atoms with van der Waals surface area (Å²) in [6.07, 6.45) is 4.79. The van der Waals surface area contributed by atoms with Gasteiger partial charge in [-0.15, -0.1) is 0 Å². The van der Waals surface area contributed by atoms with Gasteiger partial charge in [0.25, 0.3) is 0 Å². The Labute approximate surface area is 123 Å². The minimum Gasteiger partial charge on any atom is -0.487 e. The van der Waals surface area contributed by atoms with Gasteiger partial charge in [-0.2, -0.15) is 0 Å². The molecule has 1 aromatic carbocycles. The van der Waals surface area contributed by atoms with E-state index >= 15 is 0 Å². The Kier molecular flexibility index (Phi) is 4.74. The van der Waals surface area contributed by atoms with Crippen molar-refractivity contribution in [1.29, 1.82) is 0 Å². The van der Waals surface area contributed by atoms with Crippen molar-refractivity contribution in [2.75, 3.05) is 6.54 Å². The molecule has 0 bridgehead atoms. The van der Waals surface area contributed by atoms with Gasteiger partial charge in [0.15, 0.2) is 0 Å². The summed E-state index contributed by atoms with van der Waals surface area (Å²) in [6, 6.07) is 4.91. The molecule has 0 amide bonds. The molecular formula is C18H29NO. The molecule has 0 aliphatic heterocycles. The number of nitrogens with one attached hydrogen (secondary N) is 1. The predicted octanol–water partition coefficient (Wildman–Crippen LogP) is 4.30. The third kappa shape index (κ3) is 3.35. The molecule has 0 saturated heterocycles. The van der Waals surface area contributed by atoms with E-state index in [-0.39, 0.29) is 5.60 Å². The first kappa shape index (κ1) is 15.4. The molecule has 0 radical (unpaired) electrons. The lowest BCUT2D eigenvalue weighted by atomic mass is 9.77. The Morgan fingerprint density at radius 3 is 2.35 bits per heavy atom. The van der Waals surface area contributed by atoms with Gasteiger partial charge in [0.1, 0.15) is 11.4 Å². The van der Waals surface area contributed by atoms with Crippen LogP contribution in [0.5, 0.6) is 5.75 Å². The fourth-order valence-corrected chi connectivity index (χ4v) is 2.86. The minimum absolute atomic E-state index is 0.0746. The average molecular weight is 275 g/mol. The molecule has 0 aromatic heterocycles. The van der Waals surface area contributed by atoms with Gasteiger partial charge in [0.05, 0.1) is 0 Å². The second-order valence-corrected chi connectivity index (χ2v) is 6.65. The number of hydrogen-bond donors (Lipinski definition) is 1. The van der Waals surface area contributed by atoms with Crippen molar-refractivity contribution in [2.24, 2.45) is 0 Å². The van der Waals surface area contributed by atoms with E-state index in [1.807, 2.05) is 0 Å². The molecule has 2 nitrogen and oxygen atoms in total. The van der Waals surface area contributed by atoms with Crippen molar-refractivity contribution in [1.82, 2.24) is 5.32 Å². The molecule has 1 saturated carbocycles. The highest BCUT2D eigenvalue weighted by Gasteiger charge is 2.39. The third-order valence-corrected chi connectivity index (χ3v) is 4.59. The molecule has 1 aliphatic rings. The molecule has 1 fully saturated rings. The van der Waals surface area contributed by atoms with E-state index in [0.29, 0.717) is 6.04 Å². The molecule has 2 rings (SSSR count). The van der Waals surface area contributed by atoms with Crippen LogP contribution in [0.1, 0.15) is 56.2 Å². The fourth-order valence-electron chi connectivity index (χ4n) is 2.86. The van der Waals surface area contributed by atoms with Crippen molar-refractivity contribution in [3.05, 3.63) is 28.8 Å². The van der Waals surface area contributed by atoms with Gasteiger partial charge >= 0.3 is 0 Å². The lowest BCUT2D eigenvalue weighted by molar-refractivity contribution is -0.0156. The average Bonchev–Trinajstić information content (AvgIpc) is 2.35. The van der Waals surface area contributed by atoms with Crippen molar-refractivity contribution >= 4 is 0 Å². The maximum atomic E-state index is 6.52. The topological polar surface area (TPSA) is 21.3 Å². The maximum absolute atomic E-state index is 6.52. The molecule has 0 unspecified atom stereocenters. The van der Waals surface area contributed by atoms with Crippen LogP contribution in [-0.2, 0) is 0 Å². The van der Waals surface area contributed by atoms with E-state index in [2.05, 4.69) is 52.1 Å². The lowest BCUT2D eigenvalue weighted by Crippen LogP contribution is -2.46. The standard InChI is InChI=1S/C18H29NO/c1-13(2)19-12-11-18(9-6-10-18)20-17-15(4)8-7-14(3)16(17)5/h7-8,13,19H,6,9-12H2,1-5H3. The number of benzene rings is 1. The summed E-state index contributed by atoms with van der Waals surface area (Å²) in [4.78, 5) is 0. The van der Waals surface area contributed by atoms with Crippen molar-refractivity contribution in [3.8, 4) is 5.75 Å². The Morgan fingerprint density at radius 2 is 1.80 bits per heavy atom. The van der Waals surface area contributed by atoms with Gasteiger partial charge in [-0.05, 0) is 69.7 Å². The van der Waals surface area contributed by atoms with E-state index in [0.717, 1.165) is 18.7 Å². The zero-order valence-electron chi connectivity index (χ0n) is 13.7. The summed E-state index contributed by atoms with van der Waals surface area (Å²) >= 11 is 0. The fraction of sp³-hybridized carbons (Fsp3) is 0.667. The highest BCUT2D eigenvalue weighted by molar-refractivity contribution is 5.45. The van der Waals surface area contributed by atoms with Gasteiger partial charge in [0.2, 0.25) is 0 Å². The van der Waals surface area contributed by atoms with E-state index in [4.69, 9.17) is 4.74 Å². The summed E-state index contributed by atoms with van der Waals surface area (Å²) in [5.41, 5.74) is 3.95. The molecular weight excluding hydrogens is 246 g/mol. The number of rotatable bonds is 6. The molecule has 112 valence electrons. The Bertz CT molecular complexity index is 461. The van der Waals surface area contributed by atoms with Crippen LogP contribution >= 0.6 is 0 Å². The molecule has 0 atom stereocenters. The van der Waals surface area contributed by atoms with Crippen LogP contribution in [0.3, 0.4) is 0 Å². The molecule has 20 heavy (non-hydrogen) atoms. The second-order valence-electron chi connectivity index (χ2n) is 6.65. The van der Waals surface area contributed by atoms with E-state index in [9.17, 15) is 0 Å². The summed E-state index contributed by atoms with van der Waals surface area (Å²) < 4.78 is 6.52. The molecule has 2 heteroatoms. The SMILES string of the molecule is Cc1ccc(C)c(OC2(CCNC(C)C)CCC2)c1C. The van der Waals surface area contributed by atoms with Crippen molar-refractivity contribution in [3.63, 3.8) is 0 Å². The lowest BCUT2D eigenvalue weighted by Gasteiger charge is -2.43. The molecule has 1 aromatic rings. The summed E-state index contributed by atoms with van der Waals surface area (Å²) in [5, 5.41) is 3.52. The zero-order valence-corrected chi connectivity index (χ0v) is 13.7. The Morgan fingerprint density at radius 1 is 1.15 bits per heavy atom. The van der Waals surface area contributed by atoms with Crippen LogP contribution in [0, 0.1) is 20.8 Å². The molecule has 1 N–H and O–H groups in total. The first-order valence-electron chi connectivity index (χ1n) is 7.93. The number of hydrogen-bond acceptors (Lipinski definition) is 2. The molecule has 0 spiro atoms. The molecule has 1 aliphatic carbocycles. The zero-order chi connectivity index (χ0) is 14.8.